The molecule has 0 aliphatic carbocycles. The second-order valence-corrected chi connectivity index (χ2v) is 8.37. The summed E-state index contributed by atoms with van der Waals surface area (Å²) in [4.78, 5) is 43.7. The van der Waals surface area contributed by atoms with Crippen LogP contribution in [-0.2, 0) is 9.59 Å². The number of fused-ring (bicyclic) bond motifs is 3. The van der Waals surface area contributed by atoms with E-state index in [1.807, 2.05) is 38.1 Å². The molecule has 30 heavy (non-hydrogen) atoms. The number of nitrogens with zero attached hydrogens (tertiary/aromatic N) is 3. The first-order valence-corrected chi connectivity index (χ1v) is 10.1. The molecule has 2 aromatic rings. The summed E-state index contributed by atoms with van der Waals surface area (Å²) < 4.78 is 0. The Kier molecular flexibility index (Phi) is 4.94. The lowest BCUT2D eigenvalue weighted by molar-refractivity contribution is -0.120. The van der Waals surface area contributed by atoms with Crippen LogP contribution in [-0.4, -0.2) is 48.9 Å². The van der Waals surface area contributed by atoms with Crippen LogP contribution in [0.3, 0.4) is 0 Å². The standard InChI is InChI=1S/C22H23ClN4O3/c1-22-11-10-20(29)27(22)17-7-5-4-6-15(17)21(30)26(22)13-19(28)24-14-8-9-18(25(2)3)16(23)12-14/h4-9,12H,10-11,13H2,1-3H3,(H,24,28). The molecule has 8 heteroatoms. The highest BCUT2D eigenvalue weighted by atomic mass is 35.5. The lowest BCUT2D eigenvalue weighted by Gasteiger charge is -2.48. The third-order valence-electron chi connectivity index (χ3n) is 5.76. The number of halogens is 1. The minimum atomic E-state index is -0.869. The normalized spacial score (nSPS) is 20.1. The Morgan fingerprint density at radius 1 is 1.20 bits per heavy atom. The predicted octanol–water partition coefficient (Wildman–Crippen LogP) is 3.34. The highest BCUT2D eigenvalue weighted by molar-refractivity contribution is 6.33. The molecule has 0 saturated carbocycles. The average molecular weight is 427 g/mol. The van der Waals surface area contributed by atoms with Crippen molar-refractivity contribution in [1.82, 2.24) is 4.90 Å². The van der Waals surface area contributed by atoms with E-state index in [0.29, 0.717) is 34.8 Å². The van der Waals surface area contributed by atoms with Crippen LogP contribution in [0.15, 0.2) is 42.5 Å². The maximum atomic E-state index is 13.2. The topological polar surface area (TPSA) is 73.0 Å². The largest absolute Gasteiger partial charge is 0.376 e. The van der Waals surface area contributed by atoms with E-state index < -0.39 is 5.66 Å². The number of nitrogens with one attached hydrogen (secondary N) is 1. The fourth-order valence-electron chi connectivity index (χ4n) is 4.23. The molecule has 1 atom stereocenters. The monoisotopic (exact) mass is 426 g/mol. The Bertz CT molecular complexity index is 1050. The molecule has 3 amide bonds. The molecule has 2 aliphatic rings. The molecule has 0 spiro atoms. The number of anilines is 3. The first kappa shape index (κ1) is 20.2. The third-order valence-corrected chi connectivity index (χ3v) is 6.06. The van der Waals surface area contributed by atoms with Gasteiger partial charge in [0.15, 0.2) is 0 Å². The van der Waals surface area contributed by atoms with E-state index in [0.717, 1.165) is 5.69 Å². The maximum absolute atomic E-state index is 13.2. The van der Waals surface area contributed by atoms with Crippen LogP contribution in [0, 0.1) is 0 Å². The fourth-order valence-corrected chi connectivity index (χ4v) is 4.58. The van der Waals surface area contributed by atoms with Crippen molar-refractivity contribution in [3.8, 4) is 0 Å². The van der Waals surface area contributed by atoms with Gasteiger partial charge in [-0.05, 0) is 43.7 Å². The lowest BCUT2D eigenvalue weighted by Crippen LogP contribution is -2.63. The van der Waals surface area contributed by atoms with Gasteiger partial charge in [-0.3, -0.25) is 19.3 Å². The summed E-state index contributed by atoms with van der Waals surface area (Å²) in [6.07, 6.45) is 0.806. The van der Waals surface area contributed by atoms with Gasteiger partial charge in [0.2, 0.25) is 11.8 Å². The summed E-state index contributed by atoms with van der Waals surface area (Å²) in [5.41, 5.74) is 1.55. The second-order valence-electron chi connectivity index (χ2n) is 7.96. The van der Waals surface area contributed by atoms with Crippen molar-refractivity contribution in [2.45, 2.75) is 25.4 Å². The van der Waals surface area contributed by atoms with Crippen LogP contribution in [0.2, 0.25) is 5.02 Å². The number of hydrogen-bond donors (Lipinski definition) is 1. The van der Waals surface area contributed by atoms with Crippen molar-refractivity contribution in [3.63, 3.8) is 0 Å². The summed E-state index contributed by atoms with van der Waals surface area (Å²) >= 11 is 6.29. The van der Waals surface area contributed by atoms with Gasteiger partial charge in [0, 0.05) is 26.2 Å². The summed E-state index contributed by atoms with van der Waals surface area (Å²) in [7, 11) is 3.77. The van der Waals surface area contributed by atoms with Crippen molar-refractivity contribution in [1.29, 1.82) is 0 Å². The molecule has 0 aromatic heterocycles. The van der Waals surface area contributed by atoms with Gasteiger partial charge in [0.05, 0.1) is 22.0 Å². The summed E-state index contributed by atoms with van der Waals surface area (Å²) in [6.45, 7) is 1.67. The zero-order chi connectivity index (χ0) is 21.6. The summed E-state index contributed by atoms with van der Waals surface area (Å²) in [5.74, 6) is -0.652. The molecule has 2 aromatic carbocycles. The van der Waals surface area contributed by atoms with Gasteiger partial charge < -0.3 is 15.1 Å². The maximum Gasteiger partial charge on any atom is 0.258 e. The molecular formula is C22H23ClN4O3. The van der Waals surface area contributed by atoms with Crippen LogP contribution < -0.4 is 15.1 Å². The first-order valence-electron chi connectivity index (χ1n) is 9.73. The first-order chi connectivity index (χ1) is 14.2. The van der Waals surface area contributed by atoms with Gasteiger partial charge in [-0.25, -0.2) is 0 Å². The Morgan fingerprint density at radius 2 is 1.93 bits per heavy atom. The quantitative estimate of drug-likeness (QED) is 0.813. The SMILES string of the molecule is CN(C)c1ccc(NC(=O)CN2C(=O)c3ccccc3N3C(=O)CCC23C)cc1Cl. The Morgan fingerprint density at radius 3 is 2.63 bits per heavy atom. The van der Waals surface area contributed by atoms with Gasteiger partial charge in [0.25, 0.3) is 5.91 Å². The molecule has 4 rings (SSSR count). The molecular weight excluding hydrogens is 404 g/mol. The Labute approximate surface area is 180 Å². The Balaban J connectivity index is 1.60. The second kappa shape index (κ2) is 7.32. The number of benzene rings is 2. The van der Waals surface area contributed by atoms with E-state index in [1.165, 1.54) is 4.90 Å². The van der Waals surface area contributed by atoms with Gasteiger partial charge in [-0.1, -0.05) is 23.7 Å². The molecule has 1 N–H and O–H groups in total. The molecule has 1 saturated heterocycles. The van der Waals surface area contributed by atoms with Crippen LogP contribution in [0.1, 0.15) is 30.1 Å². The van der Waals surface area contributed by atoms with Crippen LogP contribution in [0.4, 0.5) is 17.1 Å². The highest BCUT2D eigenvalue weighted by Gasteiger charge is 2.53. The number of carbonyl (C=O) groups is 3. The average Bonchev–Trinajstić information content (AvgIpc) is 3.00. The lowest BCUT2D eigenvalue weighted by atomic mass is 9.98. The number of rotatable bonds is 4. The molecule has 1 unspecified atom stereocenters. The summed E-state index contributed by atoms with van der Waals surface area (Å²) in [5, 5.41) is 3.32. The smallest absolute Gasteiger partial charge is 0.258 e. The van der Waals surface area contributed by atoms with Crippen molar-refractivity contribution in [3.05, 3.63) is 53.1 Å². The van der Waals surface area contributed by atoms with Crippen LogP contribution in [0.25, 0.3) is 0 Å². The van der Waals surface area contributed by atoms with Gasteiger partial charge in [-0.2, -0.15) is 0 Å². The van der Waals surface area contributed by atoms with E-state index in [9.17, 15) is 14.4 Å². The van der Waals surface area contributed by atoms with Crippen LogP contribution >= 0.6 is 11.6 Å². The fraction of sp³-hybridized carbons (Fsp3) is 0.318. The van der Waals surface area contributed by atoms with E-state index in [4.69, 9.17) is 11.6 Å². The molecule has 0 bridgehead atoms. The van der Waals surface area contributed by atoms with Crippen molar-refractivity contribution < 1.29 is 14.4 Å². The molecule has 0 radical (unpaired) electrons. The number of hydrogen-bond acceptors (Lipinski definition) is 4. The highest BCUT2D eigenvalue weighted by Crippen LogP contribution is 2.43. The number of para-hydroxylation sites is 1. The molecule has 156 valence electrons. The van der Waals surface area contributed by atoms with Gasteiger partial charge in [-0.15, -0.1) is 0 Å². The van der Waals surface area contributed by atoms with E-state index in [1.54, 1.807) is 35.2 Å². The predicted molar refractivity (Wildman–Crippen MR) is 117 cm³/mol. The number of amides is 3. The Hall–Kier alpha value is -3.06. The molecule has 1 fully saturated rings. The number of carbonyl (C=O) groups excluding carboxylic acids is 3. The van der Waals surface area contributed by atoms with E-state index in [-0.39, 0.29) is 24.3 Å². The van der Waals surface area contributed by atoms with Gasteiger partial charge in [0.1, 0.15) is 12.2 Å². The van der Waals surface area contributed by atoms with Crippen molar-refractivity contribution in [2.75, 3.05) is 35.8 Å². The zero-order valence-corrected chi connectivity index (χ0v) is 17.9. The van der Waals surface area contributed by atoms with Gasteiger partial charge >= 0.3 is 0 Å². The third kappa shape index (κ3) is 3.19. The van der Waals surface area contributed by atoms with E-state index >= 15 is 0 Å². The van der Waals surface area contributed by atoms with Crippen molar-refractivity contribution >= 4 is 46.4 Å². The minimum Gasteiger partial charge on any atom is -0.376 e. The molecule has 2 aliphatic heterocycles. The van der Waals surface area contributed by atoms with E-state index in [2.05, 4.69) is 5.32 Å². The molecule has 7 nitrogen and oxygen atoms in total. The summed E-state index contributed by atoms with van der Waals surface area (Å²) in [6, 6.07) is 12.3. The zero-order valence-electron chi connectivity index (χ0n) is 17.1. The van der Waals surface area contributed by atoms with Crippen LogP contribution in [0.5, 0.6) is 0 Å². The molecule has 2 heterocycles. The minimum absolute atomic E-state index is 0.0473. The van der Waals surface area contributed by atoms with Crippen molar-refractivity contribution in [2.24, 2.45) is 0 Å².